The second-order valence-electron chi connectivity index (χ2n) is 9.85. The van der Waals surface area contributed by atoms with Gasteiger partial charge in [0.05, 0.1) is 11.4 Å². The minimum absolute atomic E-state index is 0.125. The molecule has 2 heteroatoms. The third-order valence-corrected chi connectivity index (χ3v) is 7.45. The van der Waals surface area contributed by atoms with Crippen molar-refractivity contribution in [3.8, 4) is 11.1 Å². The summed E-state index contributed by atoms with van der Waals surface area (Å²) in [6, 6.07) is 41.2. The zero-order valence-corrected chi connectivity index (χ0v) is 19.8. The summed E-state index contributed by atoms with van der Waals surface area (Å²) in [6.45, 7) is 4.67. The lowest BCUT2D eigenvalue weighted by Gasteiger charge is -2.42. The number of benzene rings is 5. The Bertz CT molecular complexity index is 1730. The standard InChI is InChI=1S/C33H25NO/c1-33(2)27-13-7-8-14-29(27)34(24-10-4-3-5-11-24)30-18-16-23(21-28(30)33)22-17-19-32-26(20-22)25-12-6-9-15-31(25)35-32/h3-21H,1-2H3. The average molecular weight is 452 g/mol. The molecule has 0 bridgehead atoms. The number of rotatable bonds is 2. The quantitative estimate of drug-likeness (QED) is 0.261. The zero-order chi connectivity index (χ0) is 23.6. The highest BCUT2D eigenvalue weighted by molar-refractivity contribution is 6.06. The summed E-state index contributed by atoms with van der Waals surface area (Å²) in [5, 5.41) is 2.32. The molecule has 1 aliphatic heterocycles. The first-order valence-corrected chi connectivity index (χ1v) is 12.1. The molecular weight excluding hydrogens is 426 g/mol. The molecule has 6 aromatic rings. The fourth-order valence-electron chi connectivity index (χ4n) is 5.64. The zero-order valence-electron chi connectivity index (χ0n) is 19.8. The summed E-state index contributed by atoms with van der Waals surface area (Å²) in [5.41, 5.74) is 10.5. The largest absolute Gasteiger partial charge is 0.456 e. The molecule has 0 atom stereocenters. The fourth-order valence-corrected chi connectivity index (χ4v) is 5.64. The minimum atomic E-state index is -0.125. The van der Waals surface area contributed by atoms with Crippen LogP contribution in [-0.2, 0) is 5.41 Å². The summed E-state index contributed by atoms with van der Waals surface area (Å²) in [7, 11) is 0. The summed E-state index contributed by atoms with van der Waals surface area (Å²) < 4.78 is 6.06. The molecule has 0 fully saturated rings. The van der Waals surface area contributed by atoms with E-state index >= 15 is 0 Å². The lowest BCUT2D eigenvalue weighted by Crippen LogP contribution is -2.30. The van der Waals surface area contributed by atoms with Gasteiger partial charge in [0.25, 0.3) is 0 Å². The molecule has 0 aliphatic carbocycles. The molecule has 0 saturated heterocycles. The molecule has 0 N–H and O–H groups in total. The molecule has 0 amide bonds. The van der Waals surface area contributed by atoms with E-state index in [9.17, 15) is 0 Å². The Hall–Kier alpha value is -4.30. The van der Waals surface area contributed by atoms with Gasteiger partial charge in [-0.25, -0.2) is 0 Å². The predicted octanol–water partition coefficient (Wildman–Crippen LogP) is 9.36. The third kappa shape index (κ3) is 2.96. The smallest absolute Gasteiger partial charge is 0.135 e. The summed E-state index contributed by atoms with van der Waals surface area (Å²) in [6.07, 6.45) is 0. The monoisotopic (exact) mass is 451 g/mol. The highest BCUT2D eigenvalue weighted by Gasteiger charge is 2.36. The fraction of sp³-hybridized carbons (Fsp3) is 0.0909. The maximum atomic E-state index is 6.06. The molecule has 1 aliphatic rings. The Balaban J connectivity index is 1.44. The van der Waals surface area contributed by atoms with Crippen molar-refractivity contribution in [2.75, 3.05) is 4.90 Å². The van der Waals surface area contributed by atoms with Crippen molar-refractivity contribution in [2.45, 2.75) is 19.3 Å². The molecular formula is C33H25NO. The molecule has 0 unspecified atom stereocenters. The molecule has 35 heavy (non-hydrogen) atoms. The van der Waals surface area contributed by atoms with Crippen molar-refractivity contribution in [3.05, 3.63) is 126 Å². The second-order valence-corrected chi connectivity index (χ2v) is 9.85. The van der Waals surface area contributed by atoms with Gasteiger partial charge in [0.15, 0.2) is 0 Å². The average Bonchev–Trinajstić information content (AvgIpc) is 3.27. The number of anilines is 3. The van der Waals surface area contributed by atoms with Crippen molar-refractivity contribution in [1.29, 1.82) is 0 Å². The van der Waals surface area contributed by atoms with Gasteiger partial charge in [0.2, 0.25) is 0 Å². The van der Waals surface area contributed by atoms with Gasteiger partial charge < -0.3 is 9.32 Å². The van der Waals surface area contributed by atoms with E-state index in [0.717, 1.165) is 21.9 Å². The van der Waals surface area contributed by atoms with E-state index in [1.54, 1.807) is 0 Å². The van der Waals surface area contributed by atoms with Crippen LogP contribution >= 0.6 is 0 Å². The van der Waals surface area contributed by atoms with Crippen molar-refractivity contribution >= 4 is 39.0 Å². The van der Waals surface area contributed by atoms with Gasteiger partial charge in [-0.15, -0.1) is 0 Å². The molecule has 2 nitrogen and oxygen atoms in total. The van der Waals surface area contributed by atoms with E-state index in [-0.39, 0.29) is 5.41 Å². The normalized spacial score (nSPS) is 14.2. The molecule has 1 aromatic heterocycles. The Morgan fingerprint density at radius 2 is 1.20 bits per heavy atom. The Labute approximate surface area is 205 Å². The van der Waals surface area contributed by atoms with E-state index in [1.165, 1.54) is 39.3 Å². The van der Waals surface area contributed by atoms with Gasteiger partial charge in [-0.05, 0) is 70.8 Å². The van der Waals surface area contributed by atoms with Gasteiger partial charge in [-0.3, -0.25) is 0 Å². The minimum Gasteiger partial charge on any atom is -0.456 e. The van der Waals surface area contributed by atoms with Gasteiger partial charge >= 0.3 is 0 Å². The van der Waals surface area contributed by atoms with Gasteiger partial charge in [0, 0.05) is 21.9 Å². The molecule has 168 valence electrons. The second kappa shape index (κ2) is 7.35. The summed E-state index contributed by atoms with van der Waals surface area (Å²) in [5.74, 6) is 0. The van der Waals surface area contributed by atoms with Crippen molar-refractivity contribution in [2.24, 2.45) is 0 Å². The topological polar surface area (TPSA) is 16.4 Å². The molecule has 7 rings (SSSR count). The molecule has 5 aromatic carbocycles. The van der Waals surface area contributed by atoms with Gasteiger partial charge in [-0.2, -0.15) is 0 Å². The molecule has 0 saturated carbocycles. The Kier molecular flexibility index (Phi) is 4.22. The van der Waals surface area contributed by atoms with Gasteiger partial charge in [-0.1, -0.05) is 80.6 Å². The number of hydrogen-bond donors (Lipinski definition) is 0. The van der Waals surface area contributed by atoms with Crippen LogP contribution < -0.4 is 4.90 Å². The van der Waals surface area contributed by atoms with Crippen LogP contribution in [0.25, 0.3) is 33.1 Å². The van der Waals surface area contributed by atoms with E-state index in [4.69, 9.17) is 4.42 Å². The van der Waals surface area contributed by atoms with Gasteiger partial charge in [0.1, 0.15) is 11.2 Å². The van der Waals surface area contributed by atoms with Crippen molar-refractivity contribution in [3.63, 3.8) is 0 Å². The van der Waals surface area contributed by atoms with Crippen LogP contribution in [0.3, 0.4) is 0 Å². The van der Waals surface area contributed by atoms with E-state index in [1.807, 2.05) is 12.1 Å². The number of nitrogens with zero attached hydrogens (tertiary/aromatic N) is 1. The first kappa shape index (κ1) is 20.1. The molecule has 0 radical (unpaired) electrons. The van der Waals surface area contributed by atoms with Crippen LogP contribution in [0.1, 0.15) is 25.0 Å². The highest BCUT2D eigenvalue weighted by Crippen LogP contribution is 2.52. The third-order valence-electron chi connectivity index (χ3n) is 7.45. The van der Waals surface area contributed by atoms with Crippen LogP contribution in [-0.4, -0.2) is 0 Å². The van der Waals surface area contributed by atoms with Crippen LogP contribution in [0, 0.1) is 0 Å². The summed E-state index contributed by atoms with van der Waals surface area (Å²) in [4.78, 5) is 2.40. The maximum absolute atomic E-state index is 6.06. The Morgan fingerprint density at radius 1 is 0.543 bits per heavy atom. The van der Waals surface area contributed by atoms with E-state index in [2.05, 4.69) is 122 Å². The van der Waals surface area contributed by atoms with Crippen LogP contribution in [0.2, 0.25) is 0 Å². The van der Waals surface area contributed by atoms with Crippen LogP contribution in [0.4, 0.5) is 17.1 Å². The highest BCUT2D eigenvalue weighted by atomic mass is 16.3. The maximum Gasteiger partial charge on any atom is 0.135 e. The number of fused-ring (bicyclic) bond motifs is 5. The molecule has 2 heterocycles. The molecule has 0 spiro atoms. The number of para-hydroxylation sites is 3. The van der Waals surface area contributed by atoms with E-state index in [0.29, 0.717) is 0 Å². The van der Waals surface area contributed by atoms with Crippen molar-refractivity contribution in [1.82, 2.24) is 0 Å². The summed E-state index contributed by atoms with van der Waals surface area (Å²) >= 11 is 0. The predicted molar refractivity (Wildman–Crippen MR) is 146 cm³/mol. The van der Waals surface area contributed by atoms with Crippen molar-refractivity contribution < 1.29 is 4.42 Å². The van der Waals surface area contributed by atoms with E-state index < -0.39 is 0 Å². The van der Waals surface area contributed by atoms with Crippen LogP contribution in [0.15, 0.2) is 120 Å². The Morgan fingerprint density at radius 3 is 2.09 bits per heavy atom. The number of furan rings is 1. The lowest BCUT2D eigenvalue weighted by molar-refractivity contribution is 0.632. The van der Waals surface area contributed by atoms with Crippen LogP contribution in [0.5, 0.6) is 0 Å². The SMILES string of the molecule is CC1(C)c2ccccc2N(c2ccccc2)c2ccc(-c3ccc4oc5ccccc5c4c3)cc21. The lowest BCUT2D eigenvalue weighted by atomic mass is 9.73. The first-order chi connectivity index (χ1) is 17.1. The first-order valence-electron chi connectivity index (χ1n) is 12.1. The number of hydrogen-bond acceptors (Lipinski definition) is 2.